The molecule has 3 rings (SSSR count). The second-order valence-corrected chi connectivity index (χ2v) is 7.48. The molecule has 0 bridgehead atoms. The first-order chi connectivity index (χ1) is 11.4. The smallest absolute Gasteiger partial charge is 0.256 e. The minimum absolute atomic E-state index is 0.106. The predicted molar refractivity (Wildman–Crippen MR) is 91.3 cm³/mol. The molecule has 1 unspecified atom stereocenters. The van der Waals surface area contributed by atoms with Crippen LogP contribution in [0.2, 0.25) is 5.02 Å². The van der Waals surface area contributed by atoms with Crippen LogP contribution >= 0.6 is 11.6 Å². The standard InChI is InChI=1S/C17H21ClN4O2/c1-17(2)8-13(23)5-6-21(9-17)16(24)14-7-12(18)3-4-15(14)22-11-19-10-20-22/h3-4,7,10-11,13,23H,5-6,8-9H2,1-2H3. The topological polar surface area (TPSA) is 71.2 Å². The SMILES string of the molecule is CC1(C)CC(O)CCN(C(=O)c2cc(Cl)ccc2-n2cncn2)C1. The predicted octanol–water partition coefficient (Wildman–Crippen LogP) is 2.54. The summed E-state index contributed by atoms with van der Waals surface area (Å²) in [6, 6.07) is 5.16. The Kier molecular flexibility index (Phi) is 4.60. The number of likely N-dealkylation sites (tertiary alicyclic amines) is 1. The fourth-order valence-electron chi connectivity index (χ4n) is 3.26. The molecule has 7 heteroatoms. The summed E-state index contributed by atoms with van der Waals surface area (Å²) in [7, 11) is 0. The van der Waals surface area contributed by atoms with E-state index in [0.717, 1.165) is 0 Å². The molecule has 0 saturated carbocycles. The van der Waals surface area contributed by atoms with E-state index in [2.05, 4.69) is 23.9 Å². The molecule has 6 nitrogen and oxygen atoms in total. The van der Waals surface area contributed by atoms with Crippen molar-refractivity contribution in [2.45, 2.75) is 32.8 Å². The van der Waals surface area contributed by atoms with E-state index in [1.807, 2.05) is 0 Å². The molecule has 0 radical (unpaired) electrons. The summed E-state index contributed by atoms with van der Waals surface area (Å²) in [5.41, 5.74) is 0.988. The zero-order valence-electron chi connectivity index (χ0n) is 13.8. The molecule has 1 aliphatic heterocycles. The molecule has 2 aromatic rings. The monoisotopic (exact) mass is 348 g/mol. The van der Waals surface area contributed by atoms with Crippen LogP contribution in [-0.4, -0.2) is 49.9 Å². The number of amides is 1. The fourth-order valence-corrected chi connectivity index (χ4v) is 3.43. The molecule has 1 atom stereocenters. The third-order valence-corrected chi connectivity index (χ3v) is 4.52. The lowest BCUT2D eigenvalue weighted by Crippen LogP contribution is -2.38. The minimum atomic E-state index is -0.382. The molecule has 0 aliphatic carbocycles. The maximum atomic E-state index is 13.1. The molecule has 1 N–H and O–H groups in total. The Bertz CT molecular complexity index is 730. The van der Waals surface area contributed by atoms with Crippen LogP contribution in [0.15, 0.2) is 30.9 Å². The third-order valence-electron chi connectivity index (χ3n) is 4.28. The van der Waals surface area contributed by atoms with Gasteiger partial charge in [-0.1, -0.05) is 25.4 Å². The van der Waals surface area contributed by atoms with E-state index in [0.29, 0.717) is 42.2 Å². The maximum absolute atomic E-state index is 13.1. The number of benzene rings is 1. The van der Waals surface area contributed by atoms with Crippen LogP contribution < -0.4 is 0 Å². The van der Waals surface area contributed by atoms with Crippen molar-refractivity contribution in [2.24, 2.45) is 5.41 Å². The number of halogens is 1. The minimum Gasteiger partial charge on any atom is -0.393 e. The Balaban J connectivity index is 1.96. The number of hydrogen-bond acceptors (Lipinski definition) is 4. The molecular formula is C17H21ClN4O2. The summed E-state index contributed by atoms with van der Waals surface area (Å²) in [6.07, 6.45) is 3.85. The van der Waals surface area contributed by atoms with E-state index < -0.39 is 0 Å². The summed E-state index contributed by atoms with van der Waals surface area (Å²) < 4.78 is 1.56. The molecule has 1 amide bonds. The Morgan fingerprint density at radius 1 is 1.42 bits per heavy atom. The highest BCUT2D eigenvalue weighted by atomic mass is 35.5. The fraction of sp³-hybridized carbons (Fsp3) is 0.471. The first-order valence-corrected chi connectivity index (χ1v) is 8.35. The highest BCUT2D eigenvalue weighted by molar-refractivity contribution is 6.31. The van der Waals surface area contributed by atoms with Crippen molar-refractivity contribution in [1.29, 1.82) is 0 Å². The number of carbonyl (C=O) groups excluding carboxylic acids is 1. The van der Waals surface area contributed by atoms with Crippen LogP contribution in [-0.2, 0) is 0 Å². The quantitative estimate of drug-likeness (QED) is 0.905. The summed E-state index contributed by atoms with van der Waals surface area (Å²) in [5.74, 6) is -0.106. The molecular weight excluding hydrogens is 328 g/mol. The van der Waals surface area contributed by atoms with Crippen LogP contribution in [0.25, 0.3) is 5.69 Å². The Morgan fingerprint density at radius 2 is 2.21 bits per heavy atom. The van der Waals surface area contributed by atoms with Crippen LogP contribution in [0, 0.1) is 5.41 Å². The second kappa shape index (κ2) is 6.53. The van der Waals surface area contributed by atoms with E-state index in [9.17, 15) is 9.90 Å². The van der Waals surface area contributed by atoms with Gasteiger partial charge in [-0.2, -0.15) is 5.10 Å². The van der Waals surface area contributed by atoms with Gasteiger partial charge in [0.05, 0.1) is 17.4 Å². The first-order valence-electron chi connectivity index (χ1n) is 7.98. The van der Waals surface area contributed by atoms with Crippen molar-refractivity contribution >= 4 is 17.5 Å². The van der Waals surface area contributed by atoms with Gasteiger partial charge in [0.25, 0.3) is 5.91 Å². The number of nitrogens with zero attached hydrogens (tertiary/aromatic N) is 4. The Labute approximate surface area is 146 Å². The second-order valence-electron chi connectivity index (χ2n) is 7.04. The van der Waals surface area contributed by atoms with Gasteiger partial charge in [-0.05, 0) is 36.5 Å². The largest absolute Gasteiger partial charge is 0.393 e. The first kappa shape index (κ1) is 16.9. The number of aliphatic hydroxyl groups excluding tert-OH is 1. The van der Waals surface area contributed by atoms with Gasteiger partial charge >= 0.3 is 0 Å². The molecule has 1 aliphatic rings. The highest BCUT2D eigenvalue weighted by Crippen LogP contribution is 2.30. The average Bonchev–Trinajstić information content (AvgIpc) is 2.99. The van der Waals surface area contributed by atoms with Crippen molar-refractivity contribution in [3.05, 3.63) is 41.4 Å². The number of rotatable bonds is 2. The number of hydrogen-bond donors (Lipinski definition) is 1. The van der Waals surface area contributed by atoms with Gasteiger partial charge in [0.2, 0.25) is 0 Å². The molecule has 2 heterocycles. The number of aromatic nitrogens is 3. The van der Waals surface area contributed by atoms with E-state index in [4.69, 9.17) is 11.6 Å². The van der Waals surface area contributed by atoms with Crippen molar-refractivity contribution in [2.75, 3.05) is 13.1 Å². The summed E-state index contributed by atoms with van der Waals surface area (Å²) in [5, 5.41) is 14.7. The van der Waals surface area contributed by atoms with Gasteiger partial charge in [0.15, 0.2) is 0 Å². The lowest BCUT2D eigenvalue weighted by Gasteiger charge is -2.30. The summed E-state index contributed by atoms with van der Waals surface area (Å²) in [4.78, 5) is 18.9. The summed E-state index contributed by atoms with van der Waals surface area (Å²) in [6.45, 7) is 5.25. The highest BCUT2D eigenvalue weighted by Gasteiger charge is 2.32. The lowest BCUT2D eigenvalue weighted by molar-refractivity contribution is 0.0704. The number of aliphatic hydroxyl groups is 1. The van der Waals surface area contributed by atoms with Crippen LogP contribution in [0.3, 0.4) is 0 Å². The molecule has 0 spiro atoms. The van der Waals surface area contributed by atoms with Crippen LogP contribution in [0.1, 0.15) is 37.0 Å². The van der Waals surface area contributed by atoms with Crippen molar-refractivity contribution < 1.29 is 9.90 Å². The van der Waals surface area contributed by atoms with E-state index in [-0.39, 0.29) is 17.4 Å². The molecule has 1 aromatic carbocycles. The van der Waals surface area contributed by atoms with Gasteiger partial charge in [0, 0.05) is 18.1 Å². The van der Waals surface area contributed by atoms with Crippen LogP contribution in [0.5, 0.6) is 0 Å². The van der Waals surface area contributed by atoms with Gasteiger partial charge in [0.1, 0.15) is 12.7 Å². The molecule has 24 heavy (non-hydrogen) atoms. The van der Waals surface area contributed by atoms with Crippen molar-refractivity contribution in [3.8, 4) is 5.69 Å². The summed E-state index contributed by atoms with van der Waals surface area (Å²) >= 11 is 6.12. The normalized spacial score (nSPS) is 20.7. The zero-order chi connectivity index (χ0) is 17.3. The maximum Gasteiger partial charge on any atom is 0.256 e. The number of carbonyl (C=O) groups is 1. The van der Waals surface area contributed by atoms with Crippen LogP contribution in [0.4, 0.5) is 0 Å². The lowest BCUT2D eigenvalue weighted by atomic mass is 9.87. The zero-order valence-corrected chi connectivity index (χ0v) is 14.6. The van der Waals surface area contributed by atoms with Gasteiger partial charge < -0.3 is 10.0 Å². The van der Waals surface area contributed by atoms with Gasteiger partial charge in [-0.25, -0.2) is 9.67 Å². The van der Waals surface area contributed by atoms with Gasteiger partial charge in [-0.15, -0.1) is 0 Å². The van der Waals surface area contributed by atoms with Gasteiger partial charge in [-0.3, -0.25) is 4.79 Å². The Hall–Kier alpha value is -1.92. The van der Waals surface area contributed by atoms with Crippen molar-refractivity contribution in [3.63, 3.8) is 0 Å². The average molecular weight is 349 g/mol. The van der Waals surface area contributed by atoms with E-state index in [1.54, 1.807) is 34.1 Å². The van der Waals surface area contributed by atoms with E-state index >= 15 is 0 Å². The molecule has 1 aromatic heterocycles. The molecule has 1 fully saturated rings. The molecule has 128 valence electrons. The van der Waals surface area contributed by atoms with Crippen molar-refractivity contribution in [1.82, 2.24) is 19.7 Å². The molecule has 1 saturated heterocycles. The Morgan fingerprint density at radius 3 is 2.92 bits per heavy atom. The van der Waals surface area contributed by atoms with E-state index in [1.165, 1.54) is 6.33 Å². The third kappa shape index (κ3) is 3.60.